The number of nitrogens with zero attached hydrogens (tertiary/aromatic N) is 5. The molecule has 3 aromatic heterocycles. The minimum atomic E-state index is 0.594. The fourth-order valence-electron chi connectivity index (χ4n) is 8.77. The van der Waals surface area contributed by atoms with Crippen molar-refractivity contribution >= 4 is 71.1 Å². The van der Waals surface area contributed by atoms with Gasteiger partial charge in [-0.25, -0.2) is 4.85 Å². The zero-order valence-corrected chi connectivity index (χ0v) is 29.5. The Balaban J connectivity index is 1.18. The zero-order chi connectivity index (χ0) is 36.6. The highest BCUT2D eigenvalue weighted by Gasteiger charge is 2.21. The van der Waals surface area contributed by atoms with E-state index >= 15 is 0 Å². The van der Waals surface area contributed by atoms with E-state index in [2.05, 4.69) is 164 Å². The third-order valence-corrected chi connectivity index (χ3v) is 11.1. The van der Waals surface area contributed by atoms with E-state index in [4.69, 9.17) is 6.57 Å². The topological polar surface area (TPSA) is 42.9 Å². The van der Waals surface area contributed by atoms with E-state index in [0.29, 0.717) is 11.3 Å². The summed E-state index contributed by atoms with van der Waals surface area (Å²) >= 11 is 0. The minimum absolute atomic E-state index is 0.594. The third-order valence-electron chi connectivity index (χ3n) is 11.1. The molecule has 0 aliphatic rings. The predicted octanol–water partition coefficient (Wildman–Crippen LogP) is 13.1. The second-order valence-electron chi connectivity index (χ2n) is 14.0. The molecule has 0 saturated carbocycles. The smallest absolute Gasteiger partial charge is 0.188 e. The average Bonchev–Trinajstić information content (AvgIpc) is 3.88. The van der Waals surface area contributed by atoms with Crippen molar-refractivity contribution in [3.63, 3.8) is 0 Å². The molecule has 0 spiro atoms. The molecule has 8 aromatic carbocycles. The second kappa shape index (κ2) is 11.8. The first-order chi connectivity index (χ1) is 27.2. The monoisotopic (exact) mass is 699 g/mol. The van der Waals surface area contributed by atoms with Crippen LogP contribution < -0.4 is 0 Å². The molecule has 0 atom stereocenters. The molecule has 0 radical (unpaired) electrons. The predicted molar refractivity (Wildman–Crippen MR) is 226 cm³/mol. The SMILES string of the molecule is [C-]#[N+]c1ccc2c(c1)c1ccccc1n2-c1cccc(-c2cccc(C#N)c2-n2c3ccccc3c3ccc(-n4c5ccccc5c5ccccc54)cc32)c1. The summed E-state index contributed by atoms with van der Waals surface area (Å²) in [7, 11) is 0. The van der Waals surface area contributed by atoms with Crippen LogP contribution in [-0.4, -0.2) is 13.7 Å². The fraction of sp³-hybridized carbons (Fsp3) is 0. The fourth-order valence-corrected chi connectivity index (χ4v) is 8.77. The van der Waals surface area contributed by atoms with Gasteiger partial charge in [0.1, 0.15) is 6.07 Å². The number of aromatic nitrogens is 3. The number of rotatable bonds is 4. The molecule has 0 unspecified atom stereocenters. The maximum absolute atomic E-state index is 10.8. The lowest BCUT2D eigenvalue weighted by Gasteiger charge is -2.17. The molecule has 0 aliphatic heterocycles. The van der Waals surface area contributed by atoms with E-state index in [9.17, 15) is 5.26 Å². The number of fused-ring (bicyclic) bond motifs is 9. The van der Waals surface area contributed by atoms with Crippen molar-refractivity contribution in [2.45, 2.75) is 0 Å². The van der Waals surface area contributed by atoms with Gasteiger partial charge in [-0.05, 0) is 77.7 Å². The molecule has 11 aromatic rings. The van der Waals surface area contributed by atoms with Gasteiger partial charge in [0.2, 0.25) is 0 Å². The quantitative estimate of drug-likeness (QED) is 0.169. The molecular weight excluding hydrogens is 671 g/mol. The Morgan fingerprint density at radius 2 is 0.945 bits per heavy atom. The first kappa shape index (κ1) is 30.7. The molecule has 0 N–H and O–H groups in total. The van der Waals surface area contributed by atoms with Gasteiger partial charge < -0.3 is 13.7 Å². The molecule has 5 heteroatoms. The first-order valence-electron chi connectivity index (χ1n) is 18.3. The van der Waals surface area contributed by atoms with E-state index in [-0.39, 0.29) is 0 Å². The number of benzene rings is 8. The Labute approximate surface area is 316 Å². The zero-order valence-electron chi connectivity index (χ0n) is 29.5. The lowest BCUT2D eigenvalue weighted by Crippen LogP contribution is -2.02. The maximum Gasteiger partial charge on any atom is 0.188 e. The van der Waals surface area contributed by atoms with Crippen LogP contribution in [0.2, 0.25) is 0 Å². The van der Waals surface area contributed by atoms with Gasteiger partial charge in [-0.15, -0.1) is 0 Å². The van der Waals surface area contributed by atoms with Gasteiger partial charge in [-0.2, -0.15) is 5.26 Å². The van der Waals surface area contributed by atoms with Gasteiger partial charge in [-0.1, -0.05) is 109 Å². The van der Waals surface area contributed by atoms with Gasteiger partial charge in [0.15, 0.2) is 5.69 Å². The molecule has 0 fully saturated rings. The van der Waals surface area contributed by atoms with Crippen molar-refractivity contribution in [3.05, 3.63) is 193 Å². The molecule has 0 aliphatic carbocycles. The van der Waals surface area contributed by atoms with Gasteiger partial charge in [0.25, 0.3) is 0 Å². The Hall–Kier alpha value is -7.86. The number of nitriles is 1. The average molecular weight is 700 g/mol. The number of para-hydroxylation sites is 5. The van der Waals surface area contributed by atoms with E-state index in [0.717, 1.165) is 82.8 Å². The Bertz CT molecular complexity index is 3420. The molecule has 0 bridgehead atoms. The third kappa shape index (κ3) is 4.45. The van der Waals surface area contributed by atoms with Crippen LogP contribution in [0, 0.1) is 17.9 Å². The summed E-state index contributed by atoms with van der Waals surface area (Å²) in [6.07, 6.45) is 0. The maximum atomic E-state index is 10.8. The van der Waals surface area contributed by atoms with Crippen LogP contribution in [0.3, 0.4) is 0 Å². The molecule has 254 valence electrons. The Kier molecular flexibility index (Phi) is 6.61. The van der Waals surface area contributed by atoms with Crippen LogP contribution in [-0.2, 0) is 0 Å². The highest BCUT2D eigenvalue weighted by Crippen LogP contribution is 2.41. The van der Waals surface area contributed by atoms with Crippen LogP contribution in [0.5, 0.6) is 0 Å². The second-order valence-corrected chi connectivity index (χ2v) is 14.0. The standard InChI is InChI=1S/C50H29N5/c1-52-34-24-27-48-43(29-34)41-18-5-8-22-46(41)53(48)35-14-10-12-32(28-35)37-19-11-13-33(31-51)50(37)55-47-23-9-4-17-40(47)42-26-25-36(30-49(42)55)54-44-20-6-2-15-38(44)39-16-3-7-21-45(39)54/h2-30H. The molecule has 0 amide bonds. The van der Waals surface area contributed by atoms with Crippen molar-refractivity contribution in [1.29, 1.82) is 5.26 Å². The van der Waals surface area contributed by atoms with Crippen LogP contribution in [0.1, 0.15) is 5.56 Å². The van der Waals surface area contributed by atoms with Crippen molar-refractivity contribution in [1.82, 2.24) is 13.7 Å². The van der Waals surface area contributed by atoms with Crippen molar-refractivity contribution in [3.8, 4) is 34.3 Å². The number of hydrogen-bond donors (Lipinski definition) is 0. The molecule has 5 nitrogen and oxygen atoms in total. The Morgan fingerprint density at radius 3 is 1.56 bits per heavy atom. The summed E-state index contributed by atoms with van der Waals surface area (Å²) in [4.78, 5) is 3.71. The summed E-state index contributed by atoms with van der Waals surface area (Å²) in [5.41, 5.74) is 12.5. The molecule has 0 saturated heterocycles. The van der Waals surface area contributed by atoms with Crippen molar-refractivity contribution in [2.75, 3.05) is 0 Å². The highest BCUT2D eigenvalue weighted by atomic mass is 15.0. The van der Waals surface area contributed by atoms with Gasteiger partial charge >= 0.3 is 0 Å². The highest BCUT2D eigenvalue weighted by molar-refractivity contribution is 6.13. The van der Waals surface area contributed by atoms with Crippen LogP contribution in [0.25, 0.3) is 98.5 Å². The summed E-state index contributed by atoms with van der Waals surface area (Å²) in [5.74, 6) is 0. The lowest BCUT2D eigenvalue weighted by molar-refractivity contribution is 1.15. The first-order valence-corrected chi connectivity index (χ1v) is 18.3. The molecule has 3 heterocycles. The summed E-state index contributed by atoms with van der Waals surface area (Å²) in [6, 6.07) is 63.8. The summed E-state index contributed by atoms with van der Waals surface area (Å²) in [6.45, 7) is 7.64. The summed E-state index contributed by atoms with van der Waals surface area (Å²) < 4.78 is 6.91. The van der Waals surface area contributed by atoms with E-state index < -0.39 is 0 Å². The normalized spacial score (nSPS) is 11.6. The van der Waals surface area contributed by atoms with Gasteiger partial charge in [0, 0.05) is 43.9 Å². The van der Waals surface area contributed by atoms with Crippen LogP contribution in [0.4, 0.5) is 5.69 Å². The summed E-state index contributed by atoms with van der Waals surface area (Å²) in [5, 5.41) is 17.6. The molecule has 55 heavy (non-hydrogen) atoms. The Morgan fingerprint density at radius 1 is 0.418 bits per heavy atom. The van der Waals surface area contributed by atoms with Gasteiger partial charge in [-0.3, -0.25) is 0 Å². The van der Waals surface area contributed by atoms with Gasteiger partial charge in [0.05, 0.1) is 50.9 Å². The largest absolute Gasteiger partial charge is 0.309 e. The number of hydrogen-bond acceptors (Lipinski definition) is 1. The van der Waals surface area contributed by atoms with Crippen LogP contribution >= 0.6 is 0 Å². The minimum Gasteiger partial charge on any atom is -0.309 e. The molecular formula is C50H29N5. The van der Waals surface area contributed by atoms with Crippen molar-refractivity contribution in [2.24, 2.45) is 0 Å². The lowest BCUT2D eigenvalue weighted by atomic mass is 9.99. The van der Waals surface area contributed by atoms with Crippen LogP contribution in [0.15, 0.2) is 176 Å². The molecule has 11 rings (SSSR count). The van der Waals surface area contributed by atoms with E-state index in [1.54, 1.807) is 0 Å². The van der Waals surface area contributed by atoms with E-state index in [1.165, 1.54) is 10.8 Å². The van der Waals surface area contributed by atoms with Crippen molar-refractivity contribution < 1.29 is 0 Å². The van der Waals surface area contributed by atoms with E-state index in [1.807, 2.05) is 36.4 Å².